The third-order valence-corrected chi connectivity index (χ3v) is 6.45. The molecule has 170 valence electrons. The Balaban J connectivity index is 1.31. The molecule has 2 fully saturated rings. The molecular weight excluding hydrogens is 404 g/mol. The smallest absolute Gasteiger partial charge is 0.254 e. The molecule has 2 aliphatic heterocycles. The maximum atomic E-state index is 13.1. The normalized spacial score (nSPS) is 18.5. The Hall–Kier alpha value is -3.02. The fraction of sp³-hybridized carbons (Fsp3) is 0.462. The fourth-order valence-corrected chi connectivity index (χ4v) is 4.57. The van der Waals surface area contributed by atoms with Gasteiger partial charge in [-0.15, -0.1) is 0 Å². The molecule has 0 unspecified atom stereocenters. The zero-order chi connectivity index (χ0) is 22.5. The highest BCUT2D eigenvalue weighted by molar-refractivity contribution is 5.96. The van der Waals surface area contributed by atoms with E-state index in [4.69, 9.17) is 9.47 Å². The number of amides is 2. The Bertz CT molecular complexity index is 951. The Morgan fingerprint density at radius 3 is 2.28 bits per heavy atom. The van der Waals surface area contributed by atoms with Gasteiger partial charge in [-0.3, -0.25) is 9.59 Å². The summed E-state index contributed by atoms with van der Waals surface area (Å²) in [5, 5.41) is 0. The molecule has 0 spiro atoms. The maximum absolute atomic E-state index is 13.1. The minimum absolute atomic E-state index is 0.0691. The molecule has 0 N–H and O–H groups in total. The SMILES string of the molecule is COc1ccc(C(=O)N2CCC[C@H](COc3ccc(C(=O)N4CCCC4)cc3)C2)c(C)c1. The molecule has 0 saturated carbocycles. The number of ether oxygens (including phenoxy) is 2. The van der Waals surface area contributed by atoms with Crippen molar-refractivity contribution in [2.75, 3.05) is 39.9 Å². The second-order valence-corrected chi connectivity index (χ2v) is 8.77. The van der Waals surface area contributed by atoms with Gasteiger partial charge in [0.05, 0.1) is 13.7 Å². The van der Waals surface area contributed by atoms with Crippen molar-refractivity contribution in [1.29, 1.82) is 0 Å². The van der Waals surface area contributed by atoms with Gasteiger partial charge in [-0.1, -0.05) is 0 Å². The largest absolute Gasteiger partial charge is 0.497 e. The number of piperidine rings is 1. The van der Waals surface area contributed by atoms with E-state index in [0.29, 0.717) is 18.7 Å². The van der Waals surface area contributed by atoms with E-state index < -0.39 is 0 Å². The first kappa shape index (κ1) is 22.2. The predicted molar refractivity (Wildman–Crippen MR) is 123 cm³/mol. The molecular formula is C26H32N2O4. The van der Waals surface area contributed by atoms with E-state index >= 15 is 0 Å². The molecule has 2 heterocycles. The molecule has 1 atom stereocenters. The number of aryl methyl sites for hydroxylation is 1. The number of hydrogen-bond donors (Lipinski definition) is 0. The summed E-state index contributed by atoms with van der Waals surface area (Å²) in [4.78, 5) is 29.4. The highest BCUT2D eigenvalue weighted by atomic mass is 16.5. The average molecular weight is 437 g/mol. The molecule has 2 aromatic rings. The fourth-order valence-electron chi connectivity index (χ4n) is 4.57. The molecule has 2 amide bonds. The van der Waals surface area contributed by atoms with Crippen LogP contribution in [0.3, 0.4) is 0 Å². The summed E-state index contributed by atoms with van der Waals surface area (Å²) in [6.07, 6.45) is 4.19. The van der Waals surface area contributed by atoms with Crippen LogP contribution in [0.5, 0.6) is 11.5 Å². The van der Waals surface area contributed by atoms with E-state index in [9.17, 15) is 9.59 Å². The van der Waals surface area contributed by atoms with Gasteiger partial charge in [-0.05, 0) is 80.6 Å². The lowest BCUT2D eigenvalue weighted by Crippen LogP contribution is -2.41. The van der Waals surface area contributed by atoms with Crippen LogP contribution in [0.2, 0.25) is 0 Å². The van der Waals surface area contributed by atoms with Crippen LogP contribution in [0, 0.1) is 12.8 Å². The van der Waals surface area contributed by atoms with Gasteiger partial charge >= 0.3 is 0 Å². The van der Waals surface area contributed by atoms with Crippen molar-refractivity contribution >= 4 is 11.8 Å². The van der Waals surface area contributed by atoms with E-state index in [1.165, 1.54) is 0 Å². The average Bonchev–Trinajstić information content (AvgIpc) is 3.37. The third kappa shape index (κ3) is 5.06. The number of carbonyl (C=O) groups is 2. The number of rotatable bonds is 6. The molecule has 6 heteroatoms. The van der Waals surface area contributed by atoms with Crippen LogP contribution in [-0.4, -0.2) is 61.5 Å². The van der Waals surface area contributed by atoms with Crippen molar-refractivity contribution in [3.63, 3.8) is 0 Å². The van der Waals surface area contributed by atoms with Crippen molar-refractivity contribution < 1.29 is 19.1 Å². The lowest BCUT2D eigenvalue weighted by atomic mass is 9.97. The minimum atomic E-state index is 0.0691. The van der Waals surface area contributed by atoms with E-state index in [1.807, 2.05) is 59.2 Å². The maximum Gasteiger partial charge on any atom is 0.254 e. The Labute approximate surface area is 190 Å². The summed E-state index contributed by atoms with van der Waals surface area (Å²) in [5.74, 6) is 1.98. The van der Waals surface area contributed by atoms with Gasteiger partial charge in [-0.25, -0.2) is 0 Å². The first-order chi connectivity index (χ1) is 15.5. The molecule has 2 aliphatic rings. The summed E-state index contributed by atoms with van der Waals surface area (Å²) in [5.41, 5.74) is 2.37. The van der Waals surface area contributed by atoms with E-state index in [0.717, 1.165) is 67.9 Å². The van der Waals surface area contributed by atoms with Gasteiger partial charge in [-0.2, -0.15) is 0 Å². The number of nitrogens with zero attached hydrogens (tertiary/aromatic N) is 2. The minimum Gasteiger partial charge on any atom is -0.497 e. The van der Waals surface area contributed by atoms with Crippen LogP contribution in [0.15, 0.2) is 42.5 Å². The number of benzene rings is 2. The van der Waals surface area contributed by atoms with Gasteiger partial charge in [0.1, 0.15) is 11.5 Å². The van der Waals surface area contributed by atoms with Gasteiger partial charge in [0.2, 0.25) is 0 Å². The van der Waals surface area contributed by atoms with E-state index in [1.54, 1.807) is 7.11 Å². The Morgan fingerprint density at radius 1 is 0.906 bits per heavy atom. The lowest BCUT2D eigenvalue weighted by Gasteiger charge is -2.33. The highest BCUT2D eigenvalue weighted by Gasteiger charge is 2.26. The Morgan fingerprint density at radius 2 is 1.59 bits per heavy atom. The molecule has 32 heavy (non-hydrogen) atoms. The van der Waals surface area contributed by atoms with Crippen molar-refractivity contribution in [2.24, 2.45) is 5.92 Å². The van der Waals surface area contributed by atoms with Crippen LogP contribution >= 0.6 is 0 Å². The van der Waals surface area contributed by atoms with Crippen molar-refractivity contribution in [3.05, 3.63) is 59.2 Å². The third-order valence-electron chi connectivity index (χ3n) is 6.45. The first-order valence-electron chi connectivity index (χ1n) is 11.5. The molecule has 0 aliphatic carbocycles. The van der Waals surface area contributed by atoms with Crippen molar-refractivity contribution in [1.82, 2.24) is 9.80 Å². The quantitative estimate of drug-likeness (QED) is 0.682. The number of carbonyl (C=O) groups excluding carboxylic acids is 2. The summed E-state index contributed by atoms with van der Waals surface area (Å²) in [6, 6.07) is 13.0. The molecule has 0 radical (unpaired) electrons. The standard InChI is InChI=1S/C26H32N2O4/c1-19-16-23(31-2)11-12-24(19)26(30)28-15-5-6-20(17-28)18-32-22-9-7-21(8-10-22)25(29)27-13-3-4-14-27/h7-12,16,20H,3-6,13-15,17-18H2,1-2H3/t20-/m0/s1. The number of hydrogen-bond acceptors (Lipinski definition) is 4. The van der Waals surface area contributed by atoms with Gasteiger partial charge < -0.3 is 19.3 Å². The second kappa shape index (κ2) is 10.1. The summed E-state index contributed by atoms with van der Waals surface area (Å²) < 4.78 is 11.3. The monoisotopic (exact) mass is 436 g/mol. The molecule has 4 rings (SSSR count). The van der Waals surface area contributed by atoms with E-state index in [2.05, 4.69) is 0 Å². The highest BCUT2D eigenvalue weighted by Crippen LogP contribution is 2.24. The van der Waals surface area contributed by atoms with Crippen LogP contribution in [-0.2, 0) is 0 Å². The summed E-state index contributed by atoms with van der Waals surface area (Å²) in [7, 11) is 1.63. The van der Waals surface area contributed by atoms with Crippen LogP contribution < -0.4 is 9.47 Å². The molecule has 6 nitrogen and oxygen atoms in total. The zero-order valence-electron chi connectivity index (χ0n) is 19.0. The lowest BCUT2D eigenvalue weighted by molar-refractivity contribution is 0.0632. The van der Waals surface area contributed by atoms with Crippen LogP contribution in [0.1, 0.15) is 52.0 Å². The first-order valence-corrected chi connectivity index (χ1v) is 11.5. The van der Waals surface area contributed by atoms with Gasteiger partial charge in [0.15, 0.2) is 0 Å². The zero-order valence-corrected chi connectivity index (χ0v) is 19.0. The second-order valence-electron chi connectivity index (χ2n) is 8.77. The van der Waals surface area contributed by atoms with Crippen molar-refractivity contribution in [3.8, 4) is 11.5 Å². The van der Waals surface area contributed by atoms with Gasteiger partial charge in [0, 0.05) is 43.2 Å². The predicted octanol–water partition coefficient (Wildman–Crippen LogP) is 4.17. The molecule has 0 bridgehead atoms. The topological polar surface area (TPSA) is 59.1 Å². The van der Waals surface area contributed by atoms with Crippen LogP contribution in [0.25, 0.3) is 0 Å². The summed E-state index contributed by atoms with van der Waals surface area (Å²) >= 11 is 0. The van der Waals surface area contributed by atoms with Crippen molar-refractivity contribution in [2.45, 2.75) is 32.6 Å². The molecule has 2 saturated heterocycles. The molecule has 0 aromatic heterocycles. The Kier molecular flexibility index (Phi) is 6.98. The number of likely N-dealkylation sites (tertiary alicyclic amines) is 2. The van der Waals surface area contributed by atoms with Crippen LogP contribution in [0.4, 0.5) is 0 Å². The van der Waals surface area contributed by atoms with Gasteiger partial charge in [0.25, 0.3) is 11.8 Å². The summed E-state index contributed by atoms with van der Waals surface area (Å²) in [6.45, 7) is 5.67. The molecule has 2 aromatic carbocycles. The number of methoxy groups -OCH3 is 1. The van der Waals surface area contributed by atoms with E-state index in [-0.39, 0.29) is 17.7 Å².